The van der Waals surface area contributed by atoms with Crippen molar-refractivity contribution in [3.05, 3.63) is 53.8 Å². The molecule has 5 rings (SSSR count). The summed E-state index contributed by atoms with van der Waals surface area (Å²) in [5.41, 5.74) is 0.544. The molecule has 200 valence electrons. The first-order valence-electron chi connectivity index (χ1n) is 11.4. The van der Waals surface area contributed by atoms with Crippen molar-refractivity contribution >= 4 is 40.2 Å². The Labute approximate surface area is 210 Å². The Bertz CT molecular complexity index is 1430. The number of anilines is 2. The predicted octanol–water partition coefficient (Wildman–Crippen LogP) is 4.14. The number of halogens is 5. The lowest BCUT2D eigenvalue weighted by atomic mass is 9.87. The number of imide groups is 1. The Morgan fingerprint density at radius 3 is 2.55 bits per heavy atom. The maximum atomic E-state index is 15.2. The first-order chi connectivity index (χ1) is 18.0. The highest BCUT2D eigenvalue weighted by molar-refractivity contribution is 6.04. The molecular weight excluding hydrogens is 519 g/mol. The third-order valence-corrected chi connectivity index (χ3v) is 6.28. The molecule has 1 atom stereocenters. The number of hydrogen-bond donors (Lipinski definition) is 3. The average Bonchev–Trinajstić information content (AvgIpc) is 3.27. The van der Waals surface area contributed by atoms with Crippen molar-refractivity contribution in [3.8, 4) is 5.75 Å². The summed E-state index contributed by atoms with van der Waals surface area (Å²) in [7, 11) is 0. The number of carbonyl (C=O) groups is 3. The molecule has 0 spiro atoms. The summed E-state index contributed by atoms with van der Waals surface area (Å²) in [6.45, 7) is 0.503. The van der Waals surface area contributed by atoms with Crippen molar-refractivity contribution in [2.75, 3.05) is 23.3 Å². The van der Waals surface area contributed by atoms with Gasteiger partial charge in [0.1, 0.15) is 17.4 Å². The van der Waals surface area contributed by atoms with Crippen molar-refractivity contribution in [2.24, 2.45) is 0 Å². The van der Waals surface area contributed by atoms with Crippen LogP contribution < -0.4 is 25.6 Å². The lowest BCUT2D eigenvalue weighted by molar-refractivity contribution is -0.274. The maximum absolute atomic E-state index is 15.2. The molecule has 0 saturated carbocycles. The van der Waals surface area contributed by atoms with E-state index in [1.54, 1.807) is 11.0 Å². The molecule has 9 nitrogen and oxygen atoms in total. The number of benzene rings is 2. The molecule has 3 heterocycles. The Morgan fingerprint density at radius 1 is 1.11 bits per heavy atom. The summed E-state index contributed by atoms with van der Waals surface area (Å²) in [5, 5.41) is 7.44. The molecule has 1 aromatic heterocycles. The third-order valence-electron chi connectivity index (χ3n) is 6.28. The van der Waals surface area contributed by atoms with Gasteiger partial charge in [-0.3, -0.25) is 14.9 Å². The van der Waals surface area contributed by atoms with Gasteiger partial charge in [0.25, 0.3) is 0 Å². The van der Waals surface area contributed by atoms with Crippen LogP contribution >= 0.6 is 0 Å². The van der Waals surface area contributed by atoms with Crippen LogP contribution in [0.4, 0.5) is 38.1 Å². The number of nitrogens with zero attached hydrogens (tertiary/aromatic N) is 1. The normalized spacial score (nSPS) is 18.2. The van der Waals surface area contributed by atoms with Crippen LogP contribution in [0.15, 0.2) is 41.0 Å². The summed E-state index contributed by atoms with van der Waals surface area (Å²) in [5.74, 6) is -4.35. The zero-order valence-electron chi connectivity index (χ0n) is 19.3. The van der Waals surface area contributed by atoms with Crippen LogP contribution in [-0.4, -0.2) is 43.3 Å². The molecule has 3 aromatic rings. The Morgan fingerprint density at radius 2 is 1.87 bits per heavy atom. The second-order valence-corrected chi connectivity index (χ2v) is 8.85. The van der Waals surface area contributed by atoms with E-state index in [-0.39, 0.29) is 37.2 Å². The van der Waals surface area contributed by atoms with Gasteiger partial charge in [-0.1, -0.05) is 0 Å². The number of rotatable bonds is 5. The lowest BCUT2D eigenvalue weighted by Gasteiger charge is -2.41. The van der Waals surface area contributed by atoms with Gasteiger partial charge in [-0.25, -0.2) is 13.6 Å². The first kappa shape index (κ1) is 25.3. The molecule has 0 radical (unpaired) electrons. The Kier molecular flexibility index (Phi) is 6.33. The SMILES string of the molecule is O=C1CCC(c2c(F)cc(N3CC(NC(=O)Nc4ccc(OC(F)(F)F)cc4F)C3)c3occc23)C(=O)N1. The number of piperidine rings is 1. The topological polar surface area (TPSA) is 113 Å². The molecule has 0 bridgehead atoms. The minimum atomic E-state index is -4.98. The molecular formula is C24H19F5N4O5. The molecule has 2 fully saturated rings. The standard InChI is InChI=1S/C24H19F5N4O5/c25-15-7-12(38-24(27,28)29)1-3-17(15)31-23(36)30-11-9-33(10-11)18-8-16(26)20(13-5-6-37-21(13)18)14-2-4-19(34)32-22(14)35/h1,3,5-8,11,14H,2,4,9-10H2,(H2,30,31,36)(H,32,34,35). The van der Waals surface area contributed by atoms with E-state index in [9.17, 15) is 31.9 Å². The van der Waals surface area contributed by atoms with Gasteiger partial charge in [-0.05, 0) is 24.6 Å². The second kappa shape index (κ2) is 9.50. The van der Waals surface area contributed by atoms with E-state index in [2.05, 4.69) is 20.7 Å². The van der Waals surface area contributed by atoms with E-state index in [1.807, 2.05) is 0 Å². The molecule has 2 aliphatic rings. The quantitative estimate of drug-likeness (QED) is 0.333. The van der Waals surface area contributed by atoms with Gasteiger partial charge in [0.15, 0.2) is 5.58 Å². The van der Waals surface area contributed by atoms with E-state index >= 15 is 4.39 Å². The van der Waals surface area contributed by atoms with Crippen LogP contribution in [0.5, 0.6) is 5.75 Å². The zero-order chi connectivity index (χ0) is 27.2. The Balaban J connectivity index is 1.23. The van der Waals surface area contributed by atoms with Crippen LogP contribution in [0.1, 0.15) is 24.3 Å². The van der Waals surface area contributed by atoms with Gasteiger partial charge in [0, 0.05) is 42.6 Å². The van der Waals surface area contributed by atoms with E-state index in [0.29, 0.717) is 22.7 Å². The van der Waals surface area contributed by atoms with Crippen LogP contribution in [0, 0.1) is 11.6 Å². The fourth-order valence-corrected chi connectivity index (χ4v) is 4.57. The molecule has 2 aliphatic heterocycles. The number of hydrogen-bond acceptors (Lipinski definition) is 6. The summed E-state index contributed by atoms with van der Waals surface area (Å²) < 4.78 is 75.3. The van der Waals surface area contributed by atoms with Crippen molar-refractivity contribution in [1.82, 2.24) is 10.6 Å². The summed E-state index contributed by atoms with van der Waals surface area (Å²) in [6.07, 6.45) is -3.35. The number of amides is 4. The van der Waals surface area contributed by atoms with E-state index in [0.717, 1.165) is 12.1 Å². The number of urea groups is 1. The number of carbonyl (C=O) groups excluding carboxylic acids is 3. The first-order valence-corrected chi connectivity index (χ1v) is 11.4. The minimum absolute atomic E-state index is 0.0911. The molecule has 2 saturated heterocycles. The molecule has 1 unspecified atom stereocenters. The van der Waals surface area contributed by atoms with Crippen LogP contribution in [0.25, 0.3) is 11.0 Å². The minimum Gasteiger partial charge on any atom is -0.462 e. The van der Waals surface area contributed by atoms with Crippen molar-refractivity contribution in [2.45, 2.75) is 31.2 Å². The number of furan rings is 1. The van der Waals surface area contributed by atoms with Gasteiger partial charge in [0.05, 0.1) is 29.6 Å². The van der Waals surface area contributed by atoms with E-state index in [1.165, 1.54) is 12.3 Å². The fourth-order valence-electron chi connectivity index (χ4n) is 4.57. The van der Waals surface area contributed by atoms with Crippen LogP contribution in [-0.2, 0) is 9.59 Å². The maximum Gasteiger partial charge on any atom is 0.573 e. The highest BCUT2D eigenvalue weighted by Crippen LogP contribution is 2.39. The van der Waals surface area contributed by atoms with Crippen LogP contribution in [0.2, 0.25) is 0 Å². The third kappa shape index (κ3) is 5.06. The number of ether oxygens (including phenoxy) is 1. The lowest BCUT2D eigenvalue weighted by Crippen LogP contribution is -2.60. The smallest absolute Gasteiger partial charge is 0.462 e. The van der Waals surface area contributed by atoms with E-state index < -0.39 is 53.6 Å². The predicted molar refractivity (Wildman–Crippen MR) is 123 cm³/mol. The van der Waals surface area contributed by atoms with Crippen LogP contribution in [0.3, 0.4) is 0 Å². The molecule has 4 amide bonds. The zero-order valence-corrected chi connectivity index (χ0v) is 19.3. The monoisotopic (exact) mass is 538 g/mol. The second-order valence-electron chi connectivity index (χ2n) is 8.85. The molecule has 3 N–H and O–H groups in total. The summed E-state index contributed by atoms with van der Waals surface area (Å²) in [6, 6.07) is 3.87. The van der Waals surface area contributed by atoms with Crippen molar-refractivity contribution < 1.29 is 45.5 Å². The number of alkyl halides is 3. The van der Waals surface area contributed by atoms with Crippen molar-refractivity contribution in [1.29, 1.82) is 0 Å². The van der Waals surface area contributed by atoms with Gasteiger partial charge in [0.2, 0.25) is 11.8 Å². The molecule has 2 aromatic carbocycles. The van der Waals surface area contributed by atoms with Gasteiger partial charge < -0.3 is 24.7 Å². The molecule has 38 heavy (non-hydrogen) atoms. The fraction of sp³-hybridized carbons (Fsp3) is 0.292. The molecule has 0 aliphatic carbocycles. The highest BCUT2D eigenvalue weighted by atomic mass is 19.4. The van der Waals surface area contributed by atoms with Gasteiger partial charge in [-0.2, -0.15) is 0 Å². The van der Waals surface area contributed by atoms with Crippen molar-refractivity contribution in [3.63, 3.8) is 0 Å². The number of nitrogens with one attached hydrogen (secondary N) is 3. The van der Waals surface area contributed by atoms with E-state index in [4.69, 9.17) is 4.42 Å². The molecule has 14 heteroatoms. The summed E-state index contributed by atoms with van der Waals surface area (Å²) in [4.78, 5) is 37.8. The summed E-state index contributed by atoms with van der Waals surface area (Å²) >= 11 is 0. The average molecular weight is 538 g/mol. The highest BCUT2D eigenvalue weighted by Gasteiger charge is 2.36. The largest absolute Gasteiger partial charge is 0.573 e. The van der Waals surface area contributed by atoms with Gasteiger partial charge >= 0.3 is 12.4 Å². The Hall–Kier alpha value is -4.36. The van der Waals surface area contributed by atoms with Gasteiger partial charge in [-0.15, -0.1) is 13.2 Å². The number of fused-ring (bicyclic) bond motifs is 1.